The van der Waals surface area contributed by atoms with Crippen molar-refractivity contribution < 1.29 is 0 Å². The molecule has 1 fully saturated rings. The third kappa shape index (κ3) is 3.66. The molecule has 162 valence electrons. The number of aryl methyl sites for hydroxylation is 1. The van der Waals surface area contributed by atoms with Crippen molar-refractivity contribution in [2.45, 2.75) is 44.9 Å². The summed E-state index contributed by atoms with van der Waals surface area (Å²) >= 11 is 0. The monoisotopic (exact) mass is 423 g/mol. The van der Waals surface area contributed by atoms with Crippen LogP contribution in [0, 0.1) is 5.92 Å². The summed E-state index contributed by atoms with van der Waals surface area (Å²) in [6, 6.07) is 21.2. The maximum Gasteiger partial charge on any atom is 0.254 e. The Morgan fingerprint density at radius 3 is 2.31 bits per heavy atom. The van der Waals surface area contributed by atoms with Gasteiger partial charge in [-0.25, -0.2) is 4.98 Å². The van der Waals surface area contributed by atoms with Gasteiger partial charge in [-0.05, 0) is 56.4 Å². The minimum absolute atomic E-state index is 0.742. The molecule has 1 aliphatic heterocycles. The Balaban J connectivity index is 1.33. The molecule has 0 saturated carbocycles. The van der Waals surface area contributed by atoms with E-state index in [9.17, 15) is 0 Å². The van der Waals surface area contributed by atoms with Crippen molar-refractivity contribution in [3.63, 3.8) is 0 Å². The van der Waals surface area contributed by atoms with Gasteiger partial charge in [0.1, 0.15) is 5.82 Å². The van der Waals surface area contributed by atoms with E-state index in [2.05, 4.69) is 47.4 Å². The van der Waals surface area contributed by atoms with Crippen LogP contribution < -0.4 is 4.90 Å². The summed E-state index contributed by atoms with van der Waals surface area (Å²) in [5, 5.41) is 4.95. The summed E-state index contributed by atoms with van der Waals surface area (Å²) in [5.41, 5.74) is 5.13. The van der Waals surface area contributed by atoms with Crippen molar-refractivity contribution in [2.75, 3.05) is 18.0 Å². The largest absolute Gasteiger partial charge is 0.356 e. The second-order valence-corrected chi connectivity index (χ2v) is 9.20. The van der Waals surface area contributed by atoms with Gasteiger partial charge in [0.05, 0.1) is 5.69 Å². The van der Waals surface area contributed by atoms with E-state index in [1.807, 2.05) is 22.7 Å². The van der Waals surface area contributed by atoms with Gasteiger partial charge in [0.25, 0.3) is 5.78 Å². The molecule has 4 aromatic rings. The summed E-state index contributed by atoms with van der Waals surface area (Å²) < 4.78 is 2.03. The van der Waals surface area contributed by atoms with Crippen molar-refractivity contribution in [2.24, 2.45) is 5.92 Å². The summed E-state index contributed by atoms with van der Waals surface area (Å²) in [6.45, 7) is 2.15. The van der Waals surface area contributed by atoms with Gasteiger partial charge in [0.15, 0.2) is 5.82 Å². The zero-order valence-electron chi connectivity index (χ0n) is 18.5. The second kappa shape index (κ2) is 8.38. The molecule has 1 aliphatic carbocycles. The fraction of sp³-hybridized carbons (Fsp3) is 0.370. The number of aromatic nitrogens is 4. The van der Waals surface area contributed by atoms with Gasteiger partial charge in [-0.3, -0.25) is 0 Å². The minimum atomic E-state index is 0.742. The number of rotatable bonds is 4. The lowest BCUT2D eigenvalue weighted by atomic mass is 9.89. The van der Waals surface area contributed by atoms with E-state index < -0.39 is 0 Å². The molecule has 32 heavy (non-hydrogen) atoms. The van der Waals surface area contributed by atoms with Gasteiger partial charge in [0, 0.05) is 24.2 Å². The lowest BCUT2D eigenvalue weighted by Crippen LogP contribution is -2.37. The first-order valence-electron chi connectivity index (χ1n) is 12.0. The SMILES string of the molecule is c1ccc(CC2CCN(c3c4c(nc5nc(-c6ccccc6)nn35)CCCC4)CC2)cc1. The smallest absolute Gasteiger partial charge is 0.254 e. The van der Waals surface area contributed by atoms with Crippen LogP contribution in [0.4, 0.5) is 5.82 Å². The number of nitrogens with zero attached hydrogens (tertiary/aromatic N) is 5. The summed E-state index contributed by atoms with van der Waals surface area (Å²) in [6.07, 6.45) is 8.21. The van der Waals surface area contributed by atoms with E-state index in [0.717, 1.165) is 49.0 Å². The third-order valence-corrected chi connectivity index (χ3v) is 7.05. The Morgan fingerprint density at radius 1 is 0.812 bits per heavy atom. The molecule has 0 radical (unpaired) electrons. The topological polar surface area (TPSA) is 46.3 Å². The molecule has 3 heterocycles. The van der Waals surface area contributed by atoms with Crippen LogP contribution in [0.25, 0.3) is 17.2 Å². The lowest BCUT2D eigenvalue weighted by Gasteiger charge is -2.35. The molecule has 5 heteroatoms. The van der Waals surface area contributed by atoms with Gasteiger partial charge in [0.2, 0.25) is 0 Å². The van der Waals surface area contributed by atoms with Crippen LogP contribution in [0.1, 0.15) is 42.5 Å². The van der Waals surface area contributed by atoms with Crippen LogP contribution >= 0.6 is 0 Å². The van der Waals surface area contributed by atoms with E-state index in [1.54, 1.807) is 0 Å². The van der Waals surface area contributed by atoms with E-state index in [-0.39, 0.29) is 0 Å². The summed E-state index contributed by atoms with van der Waals surface area (Å²) in [5.74, 6) is 3.50. The van der Waals surface area contributed by atoms with Crippen molar-refractivity contribution in [1.29, 1.82) is 0 Å². The van der Waals surface area contributed by atoms with Gasteiger partial charge in [-0.1, -0.05) is 60.7 Å². The van der Waals surface area contributed by atoms with E-state index in [4.69, 9.17) is 15.1 Å². The number of hydrogen-bond acceptors (Lipinski definition) is 4. The molecule has 0 N–H and O–H groups in total. The Morgan fingerprint density at radius 2 is 1.53 bits per heavy atom. The molecular weight excluding hydrogens is 394 g/mol. The Bertz CT molecular complexity index is 1210. The Labute approximate surface area is 189 Å². The van der Waals surface area contributed by atoms with Crippen LogP contribution in [0.5, 0.6) is 0 Å². The predicted octanol–water partition coefficient (Wildman–Crippen LogP) is 5.13. The maximum absolute atomic E-state index is 4.95. The molecule has 6 rings (SSSR count). The van der Waals surface area contributed by atoms with Gasteiger partial charge in [-0.15, -0.1) is 5.10 Å². The normalized spacial score (nSPS) is 16.9. The highest BCUT2D eigenvalue weighted by Gasteiger charge is 2.28. The molecule has 1 saturated heterocycles. The highest BCUT2D eigenvalue weighted by molar-refractivity contribution is 5.61. The minimum Gasteiger partial charge on any atom is -0.356 e. The zero-order chi connectivity index (χ0) is 21.3. The molecular formula is C27H29N5. The fourth-order valence-electron chi connectivity index (χ4n) is 5.35. The van der Waals surface area contributed by atoms with Crippen molar-refractivity contribution in [1.82, 2.24) is 19.6 Å². The van der Waals surface area contributed by atoms with Crippen LogP contribution in [0.3, 0.4) is 0 Å². The van der Waals surface area contributed by atoms with E-state index >= 15 is 0 Å². The highest BCUT2D eigenvalue weighted by atomic mass is 15.4. The third-order valence-electron chi connectivity index (χ3n) is 7.05. The van der Waals surface area contributed by atoms with Crippen LogP contribution in [0.15, 0.2) is 60.7 Å². The first kappa shape index (κ1) is 19.5. The summed E-state index contributed by atoms with van der Waals surface area (Å²) in [7, 11) is 0. The van der Waals surface area contributed by atoms with Crippen LogP contribution in [-0.4, -0.2) is 32.7 Å². The Kier molecular flexibility index (Phi) is 5.10. The van der Waals surface area contributed by atoms with Gasteiger partial charge < -0.3 is 4.90 Å². The number of benzene rings is 2. The average Bonchev–Trinajstić information content (AvgIpc) is 3.28. The van der Waals surface area contributed by atoms with Gasteiger partial charge >= 0.3 is 0 Å². The Hall–Kier alpha value is -3.21. The zero-order valence-corrected chi connectivity index (χ0v) is 18.5. The molecule has 0 amide bonds. The first-order chi connectivity index (χ1) is 15.8. The molecule has 2 aromatic heterocycles. The number of piperidine rings is 1. The highest BCUT2D eigenvalue weighted by Crippen LogP contribution is 2.33. The molecule has 5 nitrogen and oxygen atoms in total. The molecule has 0 unspecified atom stereocenters. The lowest BCUT2D eigenvalue weighted by molar-refractivity contribution is 0.400. The molecule has 0 bridgehead atoms. The summed E-state index contributed by atoms with van der Waals surface area (Å²) in [4.78, 5) is 12.3. The number of hydrogen-bond donors (Lipinski definition) is 0. The van der Waals surface area contributed by atoms with Crippen molar-refractivity contribution in [3.8, 4) is 11.4 Å². The second-order valence-electron chi connectivity index (χ2n) is 9.20. The van der Waals surface area contributed by atoms with Gasteiger partial charge in [-0.2, -0.15) is 9.50 Å². The van der Waals surface area contributed by atoms with E-state index in [1.165, 1.54) is 54.7 Å². The number of anilines is 1. The molecule has 2 aromatic carbocycles. The molecule has 2 aliphatic rings. The molecule has 0 atom stereocenters. The van der Waals surface area contributed by atoms with Crippen molar-refractivity contribution >= 4 is 11.6 Å². The number of fused-ring (bicyclic) bond motifs is 2. The fourth-order valence-corrected chi connectivity index (χ4v) is 5.35. The average molecular weight is 424 g/mol. The maximum atomic E-state index is 4.95. The van der Waals surface area contributed by atoms with Crippen molar-refractivity contribution in [3.05, 3.63) is 77.5 Å². The van der Waals surface area contributed by atoms with Crippen LogP contribution in [-0.2, 0) is 19.3 Å². The standard InChI is InChI=1S/C27H29N5/c1-3-9-20(10-4-1)19-21-15-17-31(18-16-21)26-23-13-7-8-14-24(23)28-27-29-25(30-32(26)27)22-11-5-2-6-12-22/h1-6,9-12,21H,7-8,13-19H2. The van der Waals surface area contributed by atoms with Crippen LogP contribution in [0.2, 0.25) is 0 Å². The van der Waals surface area contributed by atoms with E-state index in [0.29, 0.717) is 0 Å². The first-order valence-corrected chi connectivity index (χ1v) is 12.0. The quantitative estimate of drug-likeness (QED) is 0.457. The predicted molar refractivity (Wildman–Crippen MR) is 128 cm³/mol. The molecule has 0 spiro atoms.